The molecule has 0 spiro atoms. The molecule has 2 aromatic rings. The van der Waals surface area contributed by atoms with E-state index in [1.54, 1.807) is 7.11 Å². The van der Waals surface area contributed by atoms with Gasteiger partial charge in [0.2, 0.25) is 0 Å². The molecule has 1 saturated carbocycles. The van der Waals surface area contributed by atoms with Gasteiger partial charge in [-0.2, -0.15) is 0 Å². The van der Waals surface area contributed by atoms with Gasteiger partial charge in [0.15, 0.2) is 0 Å². The first-order valence-electron chi connectivity index (χ1n) is 10.7. The van der Waals surface area contributed by atoms with E-state index in [9.17, 15) is 0 Å². The maximum absolute atomic E-state index is 5.67. The van der Waals surface area contributed by atoms with E-state index in [2.05, 4.69) is 79.9 Å². The summed E-state index contributed by atoms with van der Waals surface area (Å²) in [6.07, 6.45) is 3.96. The molecule has 1 saturated heterocycles. The Hall–Kier alpha value is -1.84. The average Bonchev–Trinajstić information content (AvgIpc) is 3.27. The van der Waals surface area contributed by atoms with Gasteiger partial charge < -0.3 is 15.4 Å². The molecule has 0 radical (unpaired) electrons. The molecule has 4 unspecified atom stereocenters. The third-order valence-electron chi connectivity index (χ3n) is 6.62. The Morgan fingerprint density at radius 1 is 1.07 bits per heavy atom. The van der Waals surface area contributed by atoms with E-state index in [0.717, 1.165) is 12.3 Å². The Bertz CT molecular complexity index is 796. The zero-order valence-electron chi connectivity index (χ0n) is 17.7. The van der Waals surface area contributed by atoms with Gasteiger partial charge in [-0.05, 0) is 41.4 Å². The molecule has 4 atom stereocenters. The first-order chi connectivity index (χ1) is 13.5. The topological polar surface area (TPSA) is 33.3 Å². The molecule has 1 aliphatic carbocycles. The van der Waals surface area contributed by atoms with E-state index < -0.39 is 0 Å². The van der Waals surface area contributed by atoms with Crippen molar-refractivity contribution in [1.82, 2.24) is 10.6 Å². The zero-order valence-corrected chi connectivity index (χ0v) is 17.7. The lowest BCUT2D eigenvalue weighted by molar-refractivity contribution is 0.365. The van der Waals surface area contributed by atoms with Crippen LogP contribution in [0.2, 0.25) is 0 Å². The average molecular weight is 379 g/mol. The highest BCUT2D eigenvalue weighted by Gasteiger charge is 2.45. The van der Waals surface area contributed by atoms with Crippen molar-refractivity contribution in [2.24, 2.45) is 5.92 Å². The maximum Gasteiger partial charge on any atom is 0.123 e. The minimum Gasteiger partial charge on any atom is -0.496 e. The number of rotatable bonds is 5. The molecule has 4 rings (SSSR count). The molecule has 2 aliphatic rings. The van der Waals surface area contributed by atoms with Crippen molar-refractivity contribution in [3.63, 3.8) is 0 Å². The van der Waals surface area contributed by atoms with Gasteiger partial charge in [-0.25, -0.2) is 0 Å². The van der Waals surface area contributed by atoms with Crippen molar-refractivity contribution in [3.05, 3.63) is 65.2 Å². The maximum atomic E-state index is 5.67. The van der Waals surface area contributed by atoms with Crippen molar-refractivity contribution in [2.75, 3.05) is 7.11 Å². The zero-order chi connectivity index (χ0) is 19.7. The minimum absolute atomic E-state index is 0.138. The van der Waals surface area contributed by atoms with Crippen LogP contribution in [-0.2, 0) is 12.0 Å². The van der Waals surface area contributed by atoms with Gasteiger partial charge >= 0.3 is 0 Å². The summed E-state index contributed by atoms with van der Waals surface area (Å²) in [6, 6.07) is 19.0. The number of benzene rings is 2. The van der Waals surface area contributed by atoms with Crippen molar-refractivity contribution in [3.8, 4) is 5.75 Å². The van der Waals surface area contributed by atoms with E-state index in [1.165, 1.54) is 36.0 Å². The molecule has 0 bridgehead atoms. The van der Waals surface area contributed by atoms with Crippen LogP contribution in [0.15, 0.2) is 48.5 Å². The van der Waals surface area contributed by atoms with E-state index in [-0.39, 0.29) is 5.41 Å². The molecule has 3 nitrogen and oxygen atoms in total. The Morgan fingerprint density at radius 2 is 1.86 bits per heavy atom. The second-order valence-corrected chi connectivity index (χ2v) is 9.44. The fraction of sp³-hybridized carbons (Fsp3) is 0.520. The Morgan fingerprint density at radius 3 is 2.57 bits per heavy atom. The van der Waals surface area contributed by atoms with Gasteiger partial charge in [-0.3, -0.25) is 0 Å². The molecular formula is C25H34N2O. The number of hydrogen-bond donors (Lipinski definition) is 2. The quantitative estimate of drug-likeness (QED) is 0.771. The molecule has 3 heteroatoms. The fourth-order valence-corrected chi connectivity index (χ4v) is 5.05. The molecule has 2 fully saturated rings. The van der Waals surface area contributed by atoms with Gasteiger partial charge in [0.25, 0.3) is 0 Å². The summed E-state index contributed by atoms with van der Waals surface area (Å²) in [6.45, 7) is 7.64. The Kier molecular flexibility index (Phi) is 5.48. The number of methoxy groups -OCH3 is 1. The SMILES string of the molecule is COc1ccc(C(C)(C)C)cc1CNC1C(c2ccccc2)NC2CCCC21. The van der Waals surface area contributed by atoms with Crippen LogP contribution in [0.25, 0.3) is 0 Å². The summed E-state index contributed by atoms with van der Waals surface area (Å²) in [4.78, 5) is 0. The highest BCUT2D eigenvalue weighted by molar-refractivity contribution is 5.40. The van der Waals surface area contributed by atoms with Crippen LogP contribution >= 0.6 is 0 Å². The van der Waals surface area contributed by atoms with Crippen LogP contribution in [0, 0.1) is 5.92 Å². The van der Waals surface area contributed by atoms with E-state index in [4.69, 9.17) is 4.74 Å². The third kappa shape index (κ3) is 3.83. The van der Waals surface area contributed by atoms with Crippen LogP contribution in [0.1, 0.15) is 62.8 Å². The summed E-state index contributed by atoms with van der Waals surface area (Å²) in [5, 5.41) is 7.85. The lowest BCUT2D eigenvalue weighted by Crippen LogP contribution is -2.37. The lowest BCUT2D eigenvalue weighted by atomic mass is 9.86. The van der Waals surface area contributed by atoms with Crippen LogP contribution in [-0.4, -0.2) is 19.2 Å². The second-order valence-electron chi connectivity index (χ2n) is 9.44. The van der Waals surface area contributed by atoms with Crippen molar-refractivity contribution < 1.29 is 4.74 Å². The molecular weight excluding hydrogens is 344 g/mol. The Balaban J connectivity index is 1.57. The largest absolute Gasteiger partial charge is 0.496 e. The summed E-state index contributed by atoms with van der Waals surface area (Å²) >= 11 is 0. The van der Waals surface area contributed by atoms with Crippen LogP contribution in [0.3, 0.4) is 0 Å². The van der Waals surface area contributed by atoms with Crippen molar-refractivity contribution in [2.45, 2.75) is 70.1 Å². The number of fused-ring (bicyclic) bond motifs is 1. The molecule has 1 aliphatic heterocycles. The Labute approximate surface area is 169 Å². The molecule has 0 amide bonds. The molecule has 2 N–H and O–H groups in total. The summed E-state index contributed by atoms with van der Waals surface area (Å²) in [5.41, 5.74) is 4.14. The standard InChI is InChI=1S/C25H34N2O/c1-25(2,3)19-13-14-22(28-4)18(15-19)16-26-24-20-11-8-12-21(20)27-23(24)17-9-6-5-7-10-17/h5-7,9-10,13-15,20-21,23-24,26-27H,8,11-12,16H2,1-4H3. The van der Waals surface area contributed by atoms with E-state index in [0.29, 0.717) is 24.0 Å². The summed E-state index contributed by atoms with van der Waals surface area (Å²) < 4.78 is 5.67. The predicted octanol–water partition coefficient (Wildman–Crippen LogP) is 4.96. The first-order valence-corrected chi connectivity index (χ1v) is 10.7. The van der Waals surface area contributed by atoms with Crippen LogP contribution in [0.5, 0.6) is 5.75 Å². The number of ether oxygens (including phenoxy) is 1. The first kappa shape index (κ1) is 19.5. The van der Waals surface area contributed by atoms with E-state index >= 15 is 0 Å². The van der Waals surface area contributed by atoms with Gasteiger partial charge in [0.05, 0.1) is 7.11 Å². The minimum atomic E-state index is 0.138. The van der Waals surface area contributed by atoms with Crippen molar-refractivity contribution in [1.29, 1.82) is 0 Å². The molecule has 28 heavy (non-hydrogen) atoms. The van der Waals surface area contributed by atoms with E-state index in [1.807, 2.05) is 0 Å². The monoisotopic (exact) mass is 378 g/mol. The highest BCUT2D eigenvalue weighted by atomic mass is 16.5. The van der Waals surface area contributed by atoms with Gasteiger partial charge in [-0.1, -0.05) is 69.7 Å². The molecule has 1 heterocycles. The fourth-order valence-electron chi connectivity index (χ4n) is 5.05. The molecule has 0 aromatic heterocycles. The number of nitrogens with one attached hydrogen (secondary N) is 2. The normalized spacial score (nSPS) is 27.0. The van der Waals surface area contributed by atoms with Gasteiger partial charge in [-0.15, -0.1) is 0 Å². The van der Waals surface area contributed by atoms with Gasteiger partial charge in [0.1, 0.15) is 5.75 Å². The second kappa shape index (κ2) is 7.88. The molecule has 150 valence electrons. The summed E-state index contributed by atoms with van der Waals surface area (Å²) in [5.74, 6) is 1.69. The smallest absolute Gasteiger partial charge is 0.123 e. The van der Waals surface area contributed by atoms with Crippen LogP contribution < -0.4 is 15.4 Å². The summed E-state index contributed by atoms with van der Waals surface area (Å²) in [7, 11) is 1.77. The predicted molar refractivity (Wildman–Crippen MR) is 116 cm³/mol. The van der Waals surface area contributed by atoms with Crippen LogP contribution in [0.4, 0.5) is 0 Å². The lowest BCUT2D eigenvalue weighted by Gasteiger charge is -2.26. The molecule has 2 aromatic carbocycles. The third-order valence-corrected chi connectivity index (χ3v) is 6.62. The van der Waals surface area contributed by atoms with Crippen molar-refractivity contribution >= 4 is 0 Å². The highest BCUT2D eigenvalue weighted by Crippen LogP contribution is 2.41. The number of hydrogen-bond acceptors (Lipinski definition) is 3. The van der Waals surface area contributed by atoms with Gasteiger partial charge in [0, 0.05) is 30.2 Å².